The van der Waals surface area contributed by atoms with Gasteiger partial charge in [0.1, 0.15) is 10.8 Å². The summed E-state index contributed by atoms with van der Waals surface area (Å²) in [5.41, 5.74) is 2.01. The molecule has 0 unspecified atom stereocenters. The van der Waals surface area contributed by atoms with Gasteiger partial charge in [0.15, 0.2) is 0 Å². The third-order valence-electron chi connectivity index (χ3n) is 4.97. The van der Waals surface area contributed by atoms with Crippen molar-refractivity contribution >= 4 is 33.1 Å². The molecular weight excluding hydrogens is 434 g/mol. The van der Waals surface area contributed by atoms with Crippen molar-refractivity contribution in [2.24, 2.45) is 0 Å². The molecule has 158 valence electrons. The van der Waals surface area contributed by atoms with Crippen LogP contribution in [0.3, 0.4) is 0 Å². The molecule has 3 heterocycles. The van der Waals surface area contributed by atoms with Crippen LogP contribution in [0.15, 0.2) is 24.3 Å². The summed E-state index contributed by atoms with van der Waals surface area (Å²) >= 11 is 7.23. The fourth-order valence-electron chi connectivity index (χ4n) is 3.37. The zero-order valence-corrected chi connectivity index (χ0v) is 18.4. The first kappa shape index (κ1) is 21.0. The standard InChI is InChI=1S/C19H24ClN3O4S2/c20-7-1-11-27-16-4-2-15(3-5-16)19-21-17-6-8-23(14-18(17)28-19)29(24,25)22-9-12-26-13-10-22/h2-5H,1,6-14H2. The number of alkyl halides is 1. The van der Waals surface area contributed by atoms with Gasteiger partial charge in [0, 0.05) is 42.4 Å². The van der Waals surface area contributed by atoms with E-state index in [1.54, 1.807) is 15.6 Å². The lowest BCUT2D eigenvalue weighted by Gasteiger charge is -2.33. The van der Waals surface area contributed by atoms with Gasteiger partial charge >= 0.3 is 0 Å². The topological polar surface area (TPSA) is 72.0 Å². The molecule has 0 bridgehead atoms. The Bertz CT molecular complexity index is 927. The number of rotatable bonds is 7. The van der Waals surface area contributed by atoms with Crippen LogP contribution in [0.25, 0.3) is 10.6 Å². The van der Waals surface area contributed by atoms with E-state index in [1.165, 1.54) is 4.31 Å². The van der Waals surface area contributed by atoms with E-state index in [0.29, 0.717) is 58.3 Å². The van der Waals surface area contributed by atoms with Gasteiger partial charge in [0.25, 0.3) is 10.2 Å². The average Bonchev–Trinajstić information content (AvgIpc) is 3.18. The summed E-state index contributed by atoms with van der Waals surface area (Å²) < 4.78 is 39.9. The second kappa shape index (κ2) is 9.28. The lowest BCUT2D eigenvalue weighted by atomic mass is 10.2. The Labute approximate surface area is 180 Å². The molecule has 29 heavy (non-hydrogen) atoms. The van der Waals surface area contributed by atoms with Crippen molar-refractivity contribution in [1.82, 2.24) is 13.6 Å². The van der Waals surface area contributed by atoms with Crippen LogP contribution in [0, 0.1) is 0 Å². The van der Waals surface area contributed by atoms with Gasteiger partial charge in [-0.05, 0) is 30.7 Å². The van der Waals surface area contributed by atoms with Crippen LogP contribution in [0.1, 0.15) is 17.0 Å². The molecule has 0 N–H and O–H groups in total. The summed E-state index contributed by atoms with van der Waals surface area (Å²) in [5, 5.41) is 0.910. The van der Waals surface area contributed by atoms with Crippen LogP contribution in [0.2, 0.25) is 0 Å². The minimum Gasteiger partial charge on any atom is -0.494 e. The molecule has 10 heteroatoms. The van der Waals surface area contributed by atoms with E-state index in [-0.39, 0.29) is 0 Å². The number of benzene rings is 1. The van der Waals surface area contributed by atoms with E-state index in [4.69, 9.17) is 26.1 Å². The lowest BCUT2D eigenvalue weighted by molar-refractivity contribution is 0.0699. The van der Waals surface area contributed by atoms with Crippen LogP contribution < -0.4 is 4.74 Å². The second-order valence-corrected chi connectivity index (χ2v) is 10.3. The molecule has 2 aromatic rings. The molecule has 4 rings (SSSR count). The van der Waals surface area contributed by atoms with E-state index in [2.05, 4.69) is 0 Å². The van der Waals surface area contributed by atoms with Crippen LogP contribution in [0.5, 0.6) is 5.75 Å². The zero-order chi connectivity index (χ0) is 20.3. The number of halogens is 1. The van der Waals surface area contributed by atoms with E-state index in [0.717, 1.165) is 33.3 Å². The lowest BCUT2D eigenvalue weighted by Crippen LogP contribution is -2.49. The SMILES string of the molecule is O=S(=O)(N1CCOCC1)N1CCc2nc(-c3ccc(OCCCCl)cc3)sc2C1. The Morgan fingerprint density at radius 2 is 1.90 bits per heavy atom. The number of ether oxygens (including phenoxy) is 2. The van der Waals surface area contributed by atoms with Gasteiger partial charge < -0.3 is 9.47 Å². The first-order valence-corrected chi connectivity index (χ1v) is 12.4. The zero-order valence-electron chi connectivity index (χ0n) is 16.0. The average molecular weight is 458 g/mol. The molecule has 0 atom stereocenters. The highest BCUT2D eigenvalue weighted by atomic mass is 35.5. The largest absolute Gasteiger partial charge is 0.494 e. The van der Waals surface area contributed by atoms with Gasteiger partial charge in [-0.25, -0.2) is 4.98 Å². The summed E-state index contributed by atoms with van der Waals surface area (Å²) in [7, 11) is -3.46. The maximum atomic E-state index is 12.9. The molecule has 1 saturated heterocycles. The number of morpholine rings is 1. The highest BCUT2D eigenvalue weighted by Crippen LogP contribution is 2.33. The summed E-state index contributed by atoms with van der Waals surface area (Å²) in [4.78, 5) is 5.78. The number of fused-ring (bicyclic) bond motifs is 1. The maximum absolute atomic E-state index is 12.9. The number of hydrogen-bond acceptors (Lipinski definition) is 6. The second-order valence-electron chi connectivity index (χ2n) is 6.91. The predicted octanol–water partition coefficient (Wildman–Crippen LogP) is 2.75. The number of aromatic nitrogens is 1. The third-order valence-corrected chi connectivity index (χ3v) is 8.35. The van der Waals surface area contributed by atoms with Gasteiger partial charge in [0.05, 0.1) is 32.1 Å². The molecule has 0 saturated carbocycles. The number of nitrogens with zero attached hydrogens (tertiary/aromatic N) is 3. The van der Waals surface area contributed by atoms with Crippen molar-refractivity contribution in [3.63, 3.8) is 0 Å². The first-order chi connectivity index (χ1) is 14.1. The number of thiazole rings is 1. The molecule has 2 aliphatic heterocycles. The molecular formula is C19H24ClN3O4S2. The van der Waals surface area contributed by atoms with Gasteiger partial charge in [-0.15, -0.1) is 22.9 Å². The number of hydrogen-bond donors (Lipinski definition) is 0. The maximum Gasteiger partial charge on any atom is 0.282 e. The van der Waals surface area contributed by atoms with Crippen LogP contribution in [0.4, 0.5) is 0 Å². The van der Waals surface area contributed by atoms with Gasteiger partial charge in [-0.2, -0.15) is 17.0 Å². The molecule has 2 aliphatic rings. The Kier molecular flexibility index (Phi) is 6.73. The van der Waals surface area contributed by atoms with Gasteiger partial charge in [-0.1, -0.05) is 0 Å². The van der Waals surface area contributed by atoms with E-state index < -0.39 is 10.2 Å². The van der Waals surface area contributed by atoms with Crippen molar-refractivity contribution in [2.75, 3.05) is 45.3 Å². The quantitative estimate of drug-likeness (QED) is 0.472. The fourth-order valence-corrected chi connectivity index (χ4v) is 6.24. The molecule has 0 aliphatic carbocycles. The minimum absolute atomic E-state index is 0.381. The molecule has 1 aromatic heterocycles. The highest BCUT2D eigenvalue weighted by molar-refractivity contribution is 7.86. The molecule has 0 spiro atoms. The third kappa shape index (κ3) is 4.76. The van der Waals surface area contributed by atoms with E-state index in [1.807, 2.05) is 24.3 Å². The van der Waals surface area contributed by atoms with Crippen molar-refractivity contribution in [2.45, 2.75) is 19.4 Å². The fraction of sp³-hybridized carbons (Fsp3) is 0.526. The highest BCUT2D eigenvalue weighted by Gasteiger charge is 2.34. The Morgan fingerprint density at radius 3 is 2.62 bits per heavy atom. The van der Waals surface area contributed by atoms with Crippen molar-refractivity contribution in [1.29, 1.82) is 0 Å². The molecule has 0 amide bonds. The van der Waals surface area contributed by atoms with Crippen LogP contribution >= 0.6 is 22.9 Å². The predicted molar refractivity (Wildman–Crippen MR) is 114 cm³/mol. The molecule has 1 aromatic carbocycles. The van der Waals surface area contributed by atoms with Crippen molar-refractivity contribution in [3.05, 3.63) is 34.8 Å². The summed E-state index contributed by atoms with van der Waals surface area (Å²) in [6.07, 6.45) is 1.45. The van der Waals surface area contributed by atoms with Crippen LogP contribution in [-0.2, 0) is 27.9 Å². The van der Waals surface area contributed by atoms with Crippen molar-refractivity contribution < 1.29 is 17.9 Å². The van der Waals surface area contributed by atoms with Gasteiger partial charge in [0.2, 0.25) is 0 Å². The summed E-state index contributed by atoms with van der Waals surface area (Å²) in [6.45, 7) is 3.18. The smallest absolute Gasteiger partial charge is 0.282 e. The Balaban J connectivity index is 1.46. The first-order valence-electron chi connectivity index (χ1n) is 9.68. The molecule has 7 nitrogen and oxygen atoms in total. The Hall–Kier alpha value is -1.23. The summed E-state index contributed by atoms with van der Waals surface area (Å²) in [6, 6.07) is 7.84. The molecule has 1 fully saturated rings. The minimum atomic E-state index is -3.46. The molecule has 0 radical (unpaired) electrons. The van der Waals surface area contributed by atoms with Gasteiger partial charge in [-0.3, -0.25) is 0 Å². The van der Waals surface area contributed by atoms with E-state index >= 15 is 0 Å². The van der Waals surface area contributed by atoms with Crippen molar-refractivity contribution in [3.8, 4) is 16.3 Å². The normalized spacial score (nSPS) is 18.5. The monoisotopic (exact) mass is 457 g/mol. The van der Waals surface area contributed by atoms with Crippen LogP contribution in [-0.4, -0.2) is 67.3 Å². The van der Waals surface area contributed by atoms with E-state index in [9.17, 15) is 8.42 Å². The summed E-state index contributed by atoms with van der Waals surface area (Å²) in [5.74, 6) is 1.39. The Morgan fingerprint density at radius 1 is 1.14 bits per heavy atom.